The van der Waals surface area contributed by atoms with Crippen molar-refractivity contribution in [3.63, 3.8) is 0 Å². The van der Waals surface area contributed by atoms with Crippen molar-refractivity contribution in [1.29, 1.82) is 0 Å². The van der Waals surface area contributed by atoms with Crippen molar-refractivity contribution in [3.8, 4) is 0 Å². The number of carbonyl (C=O) groups excluding carboxylic acids is 1. The normalized spacial score (nSPS) is 12.9. The van der Waals surface area contributed by atoms with E-state index in [1.54, 1.807) is 0 Å². The molecule has 1 rings (SSSR count). The molecule has 0 amide bonds. The first-order chi connectivity index (χ1) is 6.70. The van der Waals surface area contributed by atoms with Gasteiger partial charge in [0.1, 0.15) is 6.29 Å². The van der Waals surface area contributed by atoms with Gasteiger partial charge in [-0.15, -0.1) is 0 Å². The Morgan fingerprint density at radius 2 is 1.93 bits per heavy atom. The van der Waals surface area contributed by atoms with Gasteiger partial charge in [-0.1, -0.05) is 38.1 Å². The Kier molecular flexibility index (Phi) is 3.84. The smallest absolute Gasteiger partial charge is 0.150 e. The van der Waals surface area contributed by atoms with Gasteiger partial charge < -0.3 is 5.32 Å². The molecule has 0 aliphatic carbocycles. The van der Waals surface area contributed by atoms with Gasteiger partial charge >= 0.3 is 0 Å². The number of aldehydes is 1. The maximum atomic E-state index is 10.8. The molecule has 1 aromatic carbocycles. The molecular formula is C12H17NO. The first-order valence-electron chi connectivity index (χ1n) is 4.92. The third kappa shape index (κ3) is 2.20. The van der Waals surface area contributed by atoms with E-state index in [2.05, 4.69) is 19.2 Å². The maximum absolute atomic E-state index is 10.8. The van der Waals surface area contributed by atoms with Crippen LogP contribution in [0.2, 0.25) is 0 Å². The van der Waals surface area contributed by atoms with Gasteiger partial charge in [0.15, 0.2) is 0 Å². The number of hydrogen-bond donors (Lipinski definition) is 1. The second kappa shape index (κ2) is 4.91. The van der Waals surface area contributed by atoms with Crippen LogP contribution in [0, 0.1) is 5.92 Å². The van der Waals surface area contributed by atoms with Crippen LogP contribution in [0.5, 0.6) is 0 Å². The molecule has 0 aliphatic rings. The van der Waals surface area contributed by atoms with Crippen LogP contribution in [0.25, 0.3) is 0 Å². The zero-order chi connectivity index (χ0) is 10.6. The molecule has 0 aromatic heterocycles. The number of hydrogen-bond acceptors (Lipinski definition) is 2. The van der Waals surface area contributed by atoms with Crippen LogP contribution in [-0.2, 0) is 0 Å². The Bertz CT molecular complexity index is 307. The summed E-state index contributed by atoms with van der Waals surface area (Å²) in [6.07, 6.45) is 0.919. The molecule has 0 radical (unpaired) electrons. The van der Waals surface area contributed by atoms with Crippen molar-refractivity contribution in [2.75, 3.05) is 7.05 Å². The molecular weight excluding hydrogens is 174 g/mol. The minimum absolute atomic E-state index is 0.247. The van der Waals surface area contributed by atoms with Gasteiger partial charge in [0, 0.05) is 11.6 Å². The van der Waals surface area contributed by atoms with E-state index in [-0.39, 0.29) is 6.04 Å². The van der Waals surface area contributed by atoms with Crippen molar-refractivity contribution in [2.24, 2.45) is 5.92 Å². The summed E-state index contributed by atoms with van der Waals surface area (Å²) in [6, 6.07) is 7.96. The average molecular weight is 191 g/mol. The Hall–Kier alpha value is -1.15. The van der Waals surface area contributed by atoms with E-state index in [9.17, 15) is 4.79 Å². The van der Waals surface area contributed by atoms with Gasteiger partial charge in [-0.3, -0.25) is 4.79 Å². The lowest BCUT2D eigenvalue weighted by molar-refractivity contribution is 0.112. The zero-order valence-corrected chi connectivity index (χ0v) is 8.95. The fourth-order valence-corrected chi connectivity index (χ4v) is 1.75. The summed E-state index contributed by atoms with van der Waals surface area (Å²) in [5.74, 6) is 0.473. The second-order valence-corrected chi connectivity index (χ2v) is 3.76. The highest BCUT2D eigenvalue weighted by Gasteiger charge is 2.15. The summed E-state index contributed by atoms with van der Waals surface area (Å²) in [6.45, 7) is 4.28. The minimum atomic E-state index is 0.247. The van der Waals surface area contributed by atoms with Crippen LogP contribution in [-0.4, -0.2) is 13.3 Å². The topological polar surface area (TPSA) is 29.1 Å². The van der Waals surface area contributed by atoms with Crippen LogP contribution in [0.15, 0.2) is 24.3 Å². The molecule has 1 N–H and O–H groups in total. The predicted octanol–water partition coefficient (Wildman–Crippen LogP) is 2.42. The minimum Gasteiger partial charge on any atom is -0.313 e. The lowest BCUT2D eigenvalue weighted by Crippen LogP contribution is -2.22. The highest BCUT2D eigenvalue weighted by atomic mass is 16.1. The van der Waals surface area contributed by atoms with E-state index in [0.29, 0.717) is 5.92 Å². The van der Waals surface area contributed by atoms with Crippen molar-refractivity contribution in [2.45, 2.75) is 19.9 Å². The van der Waals surface area contributed by atoms with Crippen molar-refractivity contribution >= 4 is 6.29 Å². The van der Waals surface area contributed by atoms with Crippen molar-refractivity contribution in [3.05, 3.63) is 35.4 Å². The van der Waals surface area contributed by atoms with Crippen LogP contribution >= 0.6 is 0 Å². The largest absolute Gasteiger partial charge is 0.313 e. The van der Waals surface area contributed by atoms with Gasteiger partial charge in [0.2, 0.25) is 0 Å². The molecule has 0 aliphatic heterocycles. The van der Waals surface area contributed by atoms with Gasteiger partial charge in [-0.05, 0) is 18.5 Å². The molecule has 0 spiro atoms. The molecule has 2 heteroatoms. The first kappa shape index (κ1) is 10.9. The maximum Gasteiger partial charge on any atom is 0.150 e. The Morgan fingerprint density at radius 1 is 1.29 bits per heavy atom. The Morgan fingerprint density at radius 3 is 2.43 bits per heavy atom. The van der Waals surface area contributed by atoms with Crippen LogP contribution < -0.4 is 5.32 Å². The van der Waals surface area contributed by atoms with E-state index < -0.39 is 0 Å². The molecule has 76 valence electrons. The van der Waals surface area contributed by atoms with Crippen molar-refractivity contribution < 1.29 is 4.79 Å². The summed E-state index contributed by atoms with van der Waals surface area (Å²) in [4.78, 5) is 10.8. The van der Waals surface area contributed by atoms with Gasteiger partial charge in [0.25, 0.3) is 0 Å². The number of carbonyl (C=O) groups is 1. The monoisotopic (exact) mass is 191 g/mol. The van der Waals surface area contributed by atoms with Crippen LogP contribution in [0.4, 0.5) is 0 Å². The predicted molar refractivity (Wildman–Crippen MR) is 58.5 cm³/mol. The van der Waals surface area contributed by atoms with Crippen molar-refractivity contribution in [1.82, 2.24) is 5.32 Å². The fraction of sp³-hybridized carbons (Fsp3) is 0.417. The van der Waals surface area contributed by atoms with E-state index in [0.717, 1.165) is 17.4 Å². The lowest BCUT2D eigenvalue weighted by Gasteiger charge is -2.21. The number of nitrogens with one attached hydrogen (secondary N) is 1. The Labute approximate surface area is 85.3 Å². The molecule has 14 heavy (non-hydrogen) atoms. The van der Waals surface area contributed by atoms with E-state index in [1.807, 2.05) is 31.3 Å². The van der Waals surface area contributed by atoms with Gasteiger partial charge in [-0.25, -0.2) is 0 Å². The molecule has 0 heterocycles. The number of rotatable bonds is 4. The standard InChI is InChI=1S/C12H17NO/c1-9(2)12(13-3)11-7-5-4-6-10(11)8-14/h4-9,12-13H,1-3H3. The summed E-state index contributed by atoms with van der Waals surface area (Å²) >= 11 is 0. The summed E-state index contributed by atoms with van der Waals surface area (Å²) in [5.41, 5.74) is 1.86. The molecule has 1 aromatic rings. The van der Waals surface area contributed by atoms with E-state index in [4.69, 9.17) is 0 Å². The fourth-order valence-electron chi connectivity index (χ4n) is 1.75. The SMILES string of the molecule is CNC(c1ccccc1C=O)C(C)C. The second-order valence-electron chi connectivity index (χ2n) is 3.76. The number of benzene rings is 1. The summed E-state index contributed by atoms with van der Waals surface area (Å²) < 4.78 is 0. The molecule has 0 saturated carbocycles. The summed E-state index contributed by atoms with van der Waals surface area (Å²) in [7, 11) is 1.92. The first-order valence-corrected chi connectivity index (χ1v) is 4.92. The van der Waals surface area contributed by atoms with Crippen LogP contribution in [0.1, 0.15) is 35.8 Å². The molecule has 1 unspecified atom stereocenters. The molecule has 0 saturated heterocycles. The Balaban J connectivity index is 3.08. The average Bonchev–Trinajstić information content (AvgIpc) is 2.19. The zero-order valence-electron chi connectivity index (χ0n) is 8.95. The lowest BCUT2D eigenvalue weighted by atomic mass is 9.93. The molecule has 1 atom stereocenters. The quantitative estimate of drug-likeness (QED) is 0.740. The van der Waals surface area contributed by atoms with E-state index >= 15 is 0 Å². The van der Waals surface area contributed by atoms with Gasteiger partial charge in [0.05, 0.1) is 0 Å². The van der Waals surface area contributed by atoms with Gasteiger partial charge in [-0.2, -0.15) is 0 Å². The third-order valence-electron chi connectivity index (χ3n) is 2.44. The highest BCUT2D eigenvalue weighted by molar-refractivity contribution is 5.77. The van der Waals surface area contributed by atoms with E-state index in [1.165, 1.54) is 0 Å². The van der Waals surface area contributed by atoms with Crippen LogP contribution in [0.3, 0.4) is 0 Å². The molecule has 0 bridgehead atoms. The summed E-state index contributed by atoms with van der Waals surface area (Å²) in [5, 5.41) is 3.23. The molecule has 0 fully saturated rings. The molecule has 2 nitrogen and oxygen atoms in total. The third-order valence-corrected chi connectivity index (χ3v) is 2.44. The highest BCUT2D eigenvalue weighted by Crippen LogP contribution is 2.23.